The third-order valence-corrected chi connectivity index (χ3v) is 4.18. The van der Waals surface area contributed by atoms with Crippen molar-refractivity contribution in [2.75, 3.05) is 23.7 Å². The summed E-state index contributed by atoms with van der Waals surface area (Å²) in [6.45, 7) is 3.75. The highest BCUT2D eigenvalue weighted by atomic mass is 16.3. The van der Waals surface area contributed by atoms with Crippen LogP contribution in [-0.2, 0) is 0 Å². The summed E-state index contributed by atoms with van der Waals surface area (Å²) in [5.41, 5.74) is 8.21. The summed E-state index contributed by atoms with van der Waals surface area (Å²) < 4.78 is 0. The van der Waals surface area contributed by atoms with Crippen molar-refractivity contribution >= 4 is 22.3 Å². The van der Waals surface area contributed by atoms with E-state index in [9.17, 15) is 5.11 Å². The average molecular weight is 271 g/mol. The van der Waals surface area contributed by atoms with Crippen LogP contribution in [0.1, 0.15) is 26.2 Å². The van der Waals surface area contributed by atoms with Gasteiger partial charge in [0.25, 0.3) is 0 Å². The van der Waals surface area contributed by atoms with Crippen LogP contribution in [-0.4, -0.2) is 28.8 Å². The van der Waals surface area contributed by atoms with Gasteiger partial charge in [-0.15, -0.1) is 0 Å². The van der Waals surface area contributed by atoms with E-state index in [-0.39, 0.29) is 0 Å². The van der Waals surface area contributed by atoms with Gasteiger partial charge in [0.15, 0.2) is 0 Å². The number of anilines is 2. The molecule has 1 aliphatic heterocycles. The lowest BCUT2D eigenvalue weighted by molar-refractivity contribution is 0.0481. The van der Waals surface area contributed by atoms with E-state index >= 15 is 0 Å². The van der Waals surface area contributed by atoms with Crippen LogP contribution >= 0.6 is 0 Å². The number of nitrogen functional groups attached to an aromatic ring is 1. The first-order chi connectivity index (χ1) is 9.57. The van der Waals surface area contributed by atoms with Crippen molar-refractivity contribution in [3.8, 4) is 0 Å². The zero-order valence-electron chi connectivity index (χ0n) is 11.8. The van der Waals surface area contributed by atoms with Crippen LogP contribution < -0.4 is 10.6 Å². The second-order valence-corrected chi connectivity index (χ2v) is 5.91. The van der Waals surface area contributed by atoms with Gasteiger partial charge in [-0.3, -0.25) is 4.98 Å². The van der Waals surface area contributed by atoms with Gasteiger partial charge in [-0.05, 0) is 50.5 Å². The number of hydrogen-bond donors (Lipinski definition) is 2. The number of aliphatic hydroxyl groups is 1. The first-order valence-corrected chi connectivity index (χ1v) is 7.17. The van der Waals surface area contributed by atoms with Crippen molar-refractivity contribution in [1.29, 1.82) is 0 Å². The molecule has 0 spiro atoms. The number of nitrogens with zero attached hydrogens (tertiary/aromatic N) is 2. The zero-order chi connectivity index (χ0) is 14.2. The molecule has 3 N–H and O–H groups in total. The molecule has 1 unspecified atom stereocenters. The molecule has 1 aromatic carbocycles. The van der Waals surface area contributed by atoms with Crippen molar-refractivity contribution in [2.45, 2.75) is 31.8 Å². The minimum absolute atomic E-state index is 0.545. The SMILES string of the molecule is CC1(O)CCCN(c2ccc(N)c3ncccc23)CC1. The summed E-state index contributed by atoms with van der Waals surface area (Å²) in [6.07, 6.45) is 4.42. The van der Waals surface area contributed by atoms with Crippen molar-refractivity contribution in [3.05, 3.63) is 30.5 Å². The Morgan fingerprint density at radius 3 is 2.95 bits per heavy atom. The van der Waals surface area contributed by atoms with E-state index in [4.69, 9.17) is 5.73 Å². The van der Waals surface area contributed by atoms with Gasteiger partial charge in [0.1, 0.15) is 0 Å². The molecule has 2 heterocycles. The van der Waals surface area contributed by atoms with E-state index in [0.717, 1.165) is 43.3 Å². The first-order valence-electron chi connectivity index (χ1n) is 7.17. The van der Waals surface area contributed by atoms with E-state index in [2.05, 4.69) is 22.0 Å². The van der Waals surface area contributed by atoms with Crippen LogP contribution in [0.25, 0.3) is 10.9 Å². The van der Waals surface area contributed by atoms with E-state index < -0.39 is 5.60 Å². The van der Waals surface area contributed by atoms with Crippen molar-refractivity contribution in [3.63, 3.8) is 0 Å². The summed E-state index contributed by atoms with van der Waals surface area (Å²) in [5, 5.41) is 11.3. The Morgan fingerprint density at radius 2 is 2.10 bits per heavy atom. The van der Waals surface area contributed by atoms with Gasteiger partial charge in [0.05, 0.1) is 16.8 Å². The zero-order valence-corrected chi connectivity index (χ0v) is 11.8. The van der Waals surface area contributed by atoms with Gasteiger partial charge in [0, 0.05) is 30.4 Å². The van der Waals surface area contributed by atoms with Gasteiger partial charge in [0.2, 0.25) is 0 Å². The fraction of sp³-hybridized carbons (Fsp3) is 0.438. The van der Waals surface area contributed by atoms with Gasteiger partial charge in [-0.1, -0.05) is 0 Å². The van der Waals surface area contributed by atoms with E-state index in [1.54, 1.807) is 6.20 Å². The molecule has 0 bridgehead atoms. The minimum atomic E-state index is -0.545. The number of hydrogen-bond acceptors (Lipinski definition) is 4. The van der Waals surface area contributed by atoms with Gasteiger partial charge < -0.3 is 15.7 Å². The number of benzene rings is 1. The summed E-state index contributed by atoms with van der Waals surface area (Å²) >= 11 is 0. The average Bonchev–Trinajstić information content (AvgIpc) is 2.61. The molecule has 0 saturated carbocycles. The lowest BCUT2D eigenvalue weighted by atomic mass is 9.98. The molecular weight excluding hydrogens is 250 g/mol. The van der Waals surface area contributed by atoms with E-state index in [1.165, 1.54) is 5.69 Å². The maximum absolute atomic E-state index is 10.2. The van der Waals surface area contributed by atoms with Crippen molar-refractivity contribution in [1.82, 2.24) is 4.98 Å². The van der Waals surface area contributed by atoms with Crippen LogP contribution in [0.15, 0.2) is 30.5 Å². The molecule has 1 aromatic heterocycles. The van der Waals surface area contributed by atoms with Gasteiger partial charge in [-0.2, -0.15) is 0 Å². The second kappa shape index (κ2) is 4.94. The lowest BCUT2D eigenvalue weighted by Crippen LogP contribution is -2.28. The Balaban J connectivity index is 2.00. The summed E-state index contributed by atoms with van der Waals surface area (Å²) in [5.74, 6) is 0. The fourth-order valence-electron chi connectivity index (χ4n) is 2.96. The normalized spacial score (nSPS) is 23.8. The quantitative estimate of drug-likeness (QED) is 0.782. The molecule has 4 heteroatoms. The third-order valence-electron chi connectivity index (χ3n) is 4.18. The Hall–Kier alpha value is -1.81. The molecule has 0 radical (unpaired) electrons. The molecule has 1 fully saturated rings. The molecular formula is C16H21N3O. The molecule has 1 aliphatic rings. The van der Waals surface area contributed by atoms with Gasteiger partial charge in [-0.25, -0.2) is 0 Å². The molecule has 3 rings (SSSR count). The van der Waals surface area contributed by atoms with Crippen LogP contribution in [0.3, 0.4) is 0 Å². The van der Waals surface area contributed by atoms with Crippen molar-refractivity contribution in [2.24, 2.45) is 0 Å². The molecule has 1 atom stereocenters. The monoisotopic (exact) mass is 271 g/mol. The summed E-state index contributed by atoms with van der Waals surface area (Å²) in [6, 6.07) is 8.00. The van der Waals surface area contributed by atoms with Crippen LogP contribution in [0.4, 0.5) is 11.4 Å². The minimum Gasteiger partial charge on any atom is -0.397 e. The third kappa shape index (κ3) is 2.43. The second-order valence-electron chi connectivity index (χ2n) is 5.91. The highest BCUT2D eigenvalue weighted by molar-refractivity contribution is 5.98. The van der Waals surface area contributed by atoms with Crippen LogP contribution in [0.5, 0.6) is 0 Å². The molecule has 2 aromatic rings. The standard InChI is InChI=1S/C16H21N3O/c1-16(20)7-3-10-19(11-8-16)14-6-5-13(17)15-12(14)4-2-9-18-15/h2,4-6,9,20H,3,7-8,10-11,17H2,1H3. The molecule has 106 valence electrons. The Kier molecular flexibility index (Phi) is 3.26. The number of nitrogens with two attached hydrogens (primary N) is 1. The number of fused-ring (bicyclic) bond motifs is 1. The highest BCUT2D eigenvalue weighted by Crippen LogP contribution is 2.32. The maximum atomic E-state index is 10.2. The Labute approximate surface area is 119 Å². The largest absolute Gasteiger partial charge is 0.397 e. The number of rotatable bonds is 1. The number of pyridine rings is 1. The summed E-state index contributed by atoms with van der Waals surface area (Å²) in [7, 11) is 0. The molecule has 4 nitrogen and oxygen atoms in total. The van der Waals surface area contributed by atoms with Crippen molar-refractivity contribution < 1.29 is 5.11 Å². The number of aromatic nitrogens is 1. The fourth-order valence-corrected chi connectivity index (χ4v) is 2.96. The maximum Gasteiger partial charge on any atom is 0.0951 e. The van der Waals surface area contributed by atoms with E-state index in [0.29, 0.717) is 5.69 Å². The first kappa shape index (κ1) is 13.2. The summed E-state index contributed by atoms with van der Waals surface area (Å²) in [4.78, 5) is 6.73. The topological polar surface area (TPSA) is 62.4 Å². The lowest BCUT2D eigenvalue weighted by Gasteiger charge is -2.25. The Morgan fingerprint density at radius 1 is 1.25 bits per heavy atom. The van der Waals surface area contributed by atoms with Crippen LogP contribution in [0.2, 0.25) is 0 Å². The van der Waals surface area contributed by atoms with E-state index in [1.807, 2.05) is 19.1 Å². The smallest absolute Gasteiger partial charge is 0.0951 e. The predicted octanol–water partition coefficient (Wildman–Crippen LogP) is 2.56. The van der Waals surface area contributed by atoms with Gasteiger partial charge >= 0.3 is 0 Å². The molecule has 0 aliphatic carbocycles. The molecule has 20 heavy (non-hydrogen) atoms. The molecule has 0 amide bonds. The molecule has 1 saturated heterocycles. The van der Waals surface area contributed by atoms with Crippen LogP contribution in [0, 0.1) is 0 Å². The highest BCUT2D eigenvalue weighted by Gasteiger charge is 2.25. The predicted molar refractivity (Wildman–Crippen MR) is 82.8 cm³/mol. The Bertz CT molecular complexity index is 624.